The van der Waals surface area contributed by atoms with Crippen LogP contribution in [-0.4, -0.2) is 52.4 Å². The first kappa shape index (κ1) is 19.7. The zero-order valence-corrected chi connectivity index (χ0v) is 17.6. The fourth-order valence-electron chi connectivity index (χ4n) is 5.44. The molecule has 2 unspecified atom stereocenters. The highest BCUT2D eigenvalue weighted by atomic mass is 19.1. The van der Waals surface area contributed by atoms with Crippen molar-refractivity contribution in [3.63, 3.8) is 0 Å². The molecule has 0 saturated carbocycles. The van der Waals surface area contributed by atoms with Crippen LogP contribution >= 0.6 is 0 Å². The molecule has 3 aliphatic heterocycles. The zero-order chi connectivity index (χ0) is 22.7. The highest BCUT2D eigenvalue weighted by Gasteiger charge is 2.63. The number of carbonyl (C=O) groups excluding carboxylic acids is 3. The molecule has 5 amide bonds. The molecule has 3 aliphatic rings. The second-order valence-electron chi connectivity index (χ2n) is 8.68. The number of halogens is 1. The van der Waals surface area contributed by atoms with Crippen LogP contribution < -0.4 is 10.2 Å². The molecule has 0 spiro atoms. The summed E-state index contributed by atoms with van der Waals surface area (Å²) < 4.78 is 13.0. The van der Waals surface area contributed by atoms with Crippen molar-refractivity contribution in [1.82, 2.24) is 9.80 Å². The number of imide groups is 1. The molecule has 3 heterocycles. The number of anilines is 2. The van der Waals surface area contributed by atoms with E-state index in [2.05, 4.69) is 5.32 Å². The van der Waals surface area contributed by atoms with E-state index in [1.165, 1.54) is 4.90 Å². The SMILES string of the molecule is O=C1[C@@H]2C3CC(CN3C(=O)Nc3cccc(CF)c3)N2C(=O)N1c1cccc2ccccc12. The maximum Gasteiger partial charge on any atom is 0.332 e. The summed E-state index contributed by atoms with van der Waals surface area (Å²) >= 11 is 0. The van der Waals surface area contributed by atoms with Gasteiger partial charge >= 0.3 is 12.1 Å². The fourth-order valence-corrected chi connectivity index (χ4v) is 5.44. The average Bonchev–Trinajstić information content (AvgIpc) is 3.50. The monoisotopic (exact) mass is 444 g/mol. The van der Waals surface area contributed by atoms with Gasteiger partial charge in [0.1, 0.15) is 12.7 Å². The number of urea groups is 2. The number of amides is 5. The molecule has 3 fully saturated rings. The zero-order valence-electron chi connectivity index (χ0n) is 17.6. The number of nitrogens with one attached hydrogen (secondary N) is 1. The summed E-state index contributed by atoms with van der Waals surface area (Å²) in [5.74, 6) is -0.305. The normalized spacial score (nSPS) is 23.5. The molecule has 33 heavy (non-hydrogen) atoms. The maximum absolute atomic E-state index is 13.5. The van der Waals surface area contributed by atoms with Crippen LogP contribution in [0.15, 0.2) is 66.7 Å². The number of hydrogen-bond donors (Lipinski definition) is 1. The van der Waals surface area contributed by atoms with Gasteiger partial charge < -0.3 is 15.1 Å². The van der Waals surface area contributed by atoms with Gasteiger partial charge in [-0.1, -0.05) is 48.5 Å². The van der Waals surface area contributed by atoms with Gasteiger partial charge in [-0.25, -0.2) is 18.9 Å². The van der Waals surface area contributed by atoms with Crippen LogP contribution in [0.3, 0.4) is 0 Å². The molecule has 0 aliphatic carbocycles. The van der Waals surface area contributed by atoms with E-state index in [-0.39, 0.29) is 24.0 Å². The van der Waals surface area contributed by atoms with Crippen molar-refractivity contribution in [3.8, 4) is 0 Å². The van der Waals surface area contributed by atoms with Crippen molar-refractivity contribution in [2.75, 3.05) is 16.8 Å². The van der Waals surface area contributed by atoms with Gasteiger partial charge in [0.05, 0.1) is 17.8 Å². The van der Waals surface area contributed by atoms with Gasteiger partial charge in [0.15, 0.2) is 0 Å². The lowest BCUT2D eigenvalue weighted by Crippen LogP contribution is -2.55. The molecule has 0 aromatic heterocycles. The Kier molecular flexibility index (Phi) is 4.36. The second kappa shape index (κ2) is 7.30. The molecule has 166 valence electrons. The molecule has 3 saturated heterocycles. The number of hydrogen-bond acceptors (Lipinski definition) is 3. The number of piperazine rings is 1. The van der Waals surface area contributed by atoms with Gasteiger partial charge in [-0.15, -0.1) is 0 Å². The van der Waals surface area contributed by atoms with Crippen molar-refractivity contribution in [2.45, 2.75) is 31.2 Å². The minimum absolute atomic E-state index is 0.209. The van der Waals surface area contributed by atoms with E-state index in [9.17, 15) is 18.8 Å². The molecule has 2 bridgehead atoms. The molecule has 8 heteroatoms. The Balaban J connectivity index is 1.28. The second-order valence-corrected chi connectivity index (χ2v) is 8.68. The summed E-state index contributed by atoms with van der Waals surface area (Å²) in [6.07, 6.45) is 0.573. The van der Waals surface area contributed by atoms with E-state index in [1.807, 2.05) is 36.4 Å². The molecule has 6 rings (SSSR count). The van der Waals surface area contributed by atoms with Crippen molar-refractivity contribution in [3.05, 3.63) is 72.3 Å². The van der Waals surface area contributed by atoms with Gasteiger partial charge in [-0.3, -0.25) is 4.79 Å². The van der Waals surface area contributed by atoms with Crippen LogP contribution in [0.1, 0.15) is 12.0 Å². The first-order valence-corrected chi connectivity index (χ1v) is 10.9. The average molecular weight is 444 g/mol. The van der Waals surface area contributed by atoms with E-state index in [0.29, 0.717) is 29.9 Å². The topological polar surface area (TPSA) is 73.0 Å². The summed E-state index contributed by atoms with van der Waals surface area (Å²) in [7, 11) is 0. The quantitative estimate of drug-likeness (QED) is 0.618. The van der Waals surface area contributed by atoms with E-state index in [1.54, 1.807) is 40.1 Å². The summed E-state index contributed by atoms with van der Waals surface area (Å²) in [4.78, 5) is 44.4. The fraction of sp³-hybridized carbons (Fsp3) is 0.240. The third-order valence-electron chi connectivity index (χ3n) is 6.87. The highest BCUT2D eigenvalue weighted by molar-refractivity contribution is 6.25. The number of benzene rings is 3. The Morgan fingerprint density at radius 1 is 1.03 bits per heavy atom. The van der Waals surface area contributed by atoms with Crippen LogP contribution in [-0.2, 0) is 11.5 Å². The number of carbonyl (C=O) groups is 3. The van der Waals surface area contributed by atoms with E-state index in [4.69, 9.17) is 0 Å². The standard InChI is InChI=1S/C25H21FN4O3/c26-13-15-5-3-8-17(11-15)27-24(32)28-14-18-12-21(28)22-23(31)30(25(33)29(18)22)20-10-4-7-16-6-1-2-9-19(16)20/h1-11,18,21-22H,12-14H2,(H,27,32)/t18?,21?,22-/m0/s1. The third kappa shape index (κ3) is 2.90. The van der Waals surface area contributed by atoms with Crippen molar-refractivity contribution < 1.29 is 18.8 Å². The molecule has 0 radical (unpaired) electrons. The molecule has 3 aromatic rings. The first-order chi connectivity index (χ1) is 16.1. The Labute approximate surface area is 189 Å². The smallest absolute Gasteiger partial charge is 0.317 e. The highest BCUT2D eigenvalue weighted by Crippen LogP contribution is 2.43. The molecule has 7 nitrogen and oxygen atoms in total. The third-order valence-corrected chi connectivity index (χ3v) is 6.87. The lowest BCUT2D eigenvalue weighted by Gasteiger charge is -2.34. The Morgan fingerprint density at radius 2 is 1.82 bits per heavy atom. The molecular formula is C25H21FN4O3. The van der Waals surface area contributed by atoms with Crippen molar-refractivity contribution in [2.24, 2.45) is 0 Å². The minimum atomic E-state index is -0.696. The van der Waals surface area contributed by atoms with Crippen LogP contribution in [0, 0.1) is 0 Å². The molecular weight excluding hydrogens is 423 g/mol. The van der Waals surface area contributed by atoms with E-state index >= 15 is 0 Å². The van der Waals surface area contributed by atoms with Gasteiger partial charge in [0, 0.05) is 17.6 Å². The number of likely N-dealkylation sites (tertiary alicyclic amines) is 1. The summed E-state index contributed by atoms with van der Waals surface area (Å²) in [6.45, 7) is -0.256. The largest absolute Gasteiger partial charge is 0.332 e. The van der Waals surface area contributed by atoms with Crippen molar-refractivity contribution >= 4 is 40.1 Å². The molecule has 3 atom stereocenters. The van der Waals surface area contributed by atoms with Gasteiger partial charge in [-0.2, -0.15) is 0 Å². The first-order valence-electron chi connectivity index (χ1n) is 10.9. The van der Waals surface area contributed by atoms with Crippen LogP contribution in [0.2, 0.25) is 0 Å². The molecule has 3 aromatic carbocycles. The van der Waals surface area contributed by atoms with Crippen LogP contribution in [0.5, 0.6) is 0 Å². The van der Waals surface area contributed by atoms with Gasteiger partial charge in [0.25, 0.3) is 5.91 Å². The van der Waals surface area contributed by atoms with Crippen LogP contribution in [0.4, 0.5) is 25.4 Å². The summed E-state index contributed by atoms with van der Waals surface area (Å²) in [6, 6.07) is 17.8. The molecule has 1 N–H and O–H groups in total. The number of fused-ring (bicyclic) bond motifs is 6. The van der Waals surface area contributed by atoms with Gasteiger partial charge in [-0.05, 0) is 35.6 Å². The predicted molar refractivity (Wildman–Crippen MR) is 122 cm³/mol. The predicted octanol–water partition coefficient (Wildman–Crippen LogP) is 4.14. The maximum atomic E-state index is 13.5. The number of alkyl halides is 1. The number of rotatable bonds is 3. The summed E-state index contributed by atoms with van der Waals surface area (Å²) in [5.41, 5.74) is 1.54. The lowest BCUT2D eigenvalue weighted by molar-refractivity contribution is -0.120. The Morgan fingerprint density at radius 3 is 2.67 bits per heavy atom. The van der Waals surface area contributed by atoms with Gasteiger partial charge in [0.2, 0.25) is 0 Å². The minimum Gasteiger partial charge on any atom is -0.317 e. The Hall–Kier alpha value is -3.94. The van der Waals surface area contributed by atoms with Crippen LogP contribution in [0.25, 0.3) is 10.8 Å². The summed E-state index contributed by atoms with van der Waals surface area (Å²) in [5, 5.41) is 4.59. The van der Waals surface area contributed by atoms with E-state index < -0.39 is 18.8 Å². The van der Waals surface area contributed by atoms with E-state index in [0.717, 1.165) is 10.8 Å². The lowest BCUT2D eigenvalue weighted by atomic mass is 10.1. The Bertz CT molecular complexity index is 1310. The number of nitrogens with zero attached hydrogens (tertiary/aromatic N) is 3. The van der Waals surface area contributed by atoms with Crippen molar-refractivity contribution in [1.29, 1.82) is 0 Å².